The summed E-state index contributed by atoms with van der Waals surface area (Å²) in [5, 5.41) is 9.42. The molecule has 0 unspecified atom stereocenters. The highest BCUT2D eigenvalue weighted by Gasteiger charge is 2.05. The highest BCUT2D eigenvalue weighted by Crippen LogP contribution is 2.28. The zero-order valence-electron chi connectivity index (χ0n) is 13.5. The van der Waals surface area contributed by atoms with Gasteiger partial charge < -0.3 is 4.74 Å². The van der Waals surface area contributed by atoms with Gasteiger partial charge in [-0.1, -0.05) is 66.7 Å². The van der Waals surface area contributed by atoms with Gasteiger partial charge in [0.15, 0.2) is 0 Å². The maximum absolute atomic E-state index is 9.42. The number of rotatable bonds is 5. The van der Waals surface area contributed by atoms with Crippen LogP contribution in [0.2, 0.25) is 0 Å². The minimum Gasteiger partial charge on any atom is -0.488 e. The molecule has 122 valence electrons. The van der Waals surface area contributed by atoms with E-state index in [-0.39, 0.29) is 0 Å². The Morgan fingerprint density at radius 2 is 1.64 bits per heavy atom. The molecule has 0 aromatic heterocycles. The van der Waals surface area contributed by atoms with E-state index in [1.165, 1.54) is 0 Å². The number of hydrogen-bond acceptors (Lipinski definition) is 2. The van der Waals surface area contributed by atoms with Crippen LogP contribution in [0, 0.1) is 11.3 Å². The largest absolute Gasteiger partial charge is 0.488 e. The van der Waals surface area contributed by atoms with E-state index in [1.54, 1.807) is 0 Å². The van der Waals surface area contributed by atoms with E-state index in [1.807, 2.05) is 84.9 Å². The molecule has 0 radical (unpaired) electrons. The first-order chi connectivity index (χ1) is 12.3. The van der Waals surface area contributed by atoms with Crippen molar-refractivity contribution in [3.63, 3.8) is 0 Å². The summed E-state index contributed by atoms with van der Waals surface area (Å²) < 4.78 is 6.72. The van der Waals surface area contributed by atoms with E-state index in [2.05, 4.69) is 22.0 Å². The first kappa shape index (κ1) is 17.0. The third-order valence-electron chi connectivity index (χ3n) is 3.71. The third-order valence-corrected chi connectivity index (χ3v) is 4.33. The Kier molecular flexibility index (Phi) is 5.66. The van der Waals surface area contributed by atoms with Crippen LogP contribution in [-0.2, 0) is 6.61 Å². The second-order valence-corrected chi connectivity index (χ2v) is 6.35. The summed E-state index contributed by atoms with van der Waals surface area (Å²) in [5.74, 6) is 0.777. The number of benzene rings is 3. The molecular weight excluding hydrogens is 374 g/mol. The molecule has 3 rings (SSSR count). The number of nitrogens with zero attached hydrogens (tertiary/aromatic N) is 1. The highest BCUT2D eigenvalue weighted by molar-refractivity contribution is 9.10. The van der Waals surface area contributed by atoms with Crippen molar-refractivity contribution in [1.29, 1.82) is 5.26 Å². The lowest BCUT2D eigenvalue weighted by atomic mass is 10.0. The summed E-state index contributed by atoms with van der Waals surface area (Å²) in [6.07, 6.45) is 1.88. The van der Waals surface area contributed by atoms with E-state index >= 15 is 0 Å². The molecule has 0 bridgehead atoms. The average molecular weight is 390 g/mol. The molecule has 0 aliphatic heterocycles. The standard InChI is InChI=1S/C22H16BrNO/c23-21-14-18(13-20(15-24)19-9-5-2-6-10-19)11-12-22(21)25-16-17-7-3-1-4-8-17/h1-14H,16H2. The van der Waals surface area contributed by atoms with E-state index in [9.17, 15) is 5.26 Å². The molecular formula is C22H16BrNO. The number of halogens is 1. The summed E-state index contributed by atoms with van der Waals surface area (Å²) in [4.78, 5) is 0. The van der Waals surface area contributed by atoms with Crippen molar-refractivity contribution in [2.45, 2.75) is 6.61 Å². The molecule has 0 aliphatic carbocycles. The topological polar surface area (TPSA) is 33.0 Å². The quantitative estimate of drug-likeness (QED) is 0.390. The van der Waals surface area contributed by atoms with Crippen molar-refractivity contribution >= 4 is 27.6 Å². The van der Waals surface area contributed by atoms with Crippen LogP contribution in [0.5, 0.6) is 5.75 Å². The SMILES string of the molecule is N#CC(=Cc1ccc(OCc2ccccc2)c(Br)c1)c1ccccc1. The van der Waals surface area contributed by atoms with Crippen molar-refractivity contribution in [2.24, 2.45) is 0 Å². The van der Waals surface area contributed by atoms with Gasteiger partial charge in [-0.05, 0) is 50.8 Å². The molecule has 0 fully saturated rings. The molecule has 3 heteroatoms. The smallest absolute Gasteiger partial charge is 0.134 e. The molecule has 2 nitrogen and oxygen atoms in total. The van der Waals surface area contributed by atoms with Crippen LogP contribution in [-0.4, -0.2) is 0 Å². The summed E-state index contributed by atoms with van der Waals surface area (Å²) in [5.41, 5.74) is 3.60. The molecule has 25 heavy (non-hydrogen) atoms. The first-order valence-electron chi connectivity index (χ1n) is 7.90. The predicted molar refractivity (Wildman–Crippen MR) is 105 cm³/mol. The van der Waals surface area contributed by atoms with Gasteiger partial charge in [-0.25, -0.2) is 0 Å². The maximum Gasteiger partial charge on any atom is 0.134 e. The lowest BCUT2D eigenvalue weighted by molar-refractivity contribution is 0.304. The highest BCUT2D eigenvalue weighted by atomic mass is 79.9. The van der Waals surface area contributed by atoms with Crippen molar-refractivity contribution in [3.8, 4) is 11.8 Å². The van der Waals surface area contributed by atoms with Gasteiger partial charge in [-0.15, -0.1) is 0 Å². The van der Waals surface area contributed by atoms with Crippen LogP contribution in [0.25, 0.3) is 11.6 Å². The van der Waals surface area contributed by atoms with Gasteiger partial charge in [0.1, 0.15) is 12.4 Å². The Balaban J connectivity index is 1.77. The summed E-state index contributed by atoms with van der Waals surface area (Å²) in [6, 6.07) is 27.8. The van der Waals surface area contributed by atoms with Crippen molar-refractivity contribution in [3.05, 3.63) is 100 Å². The van der Waals surface area contributed by atoms with Gasteiger partial charge in [-0.2, -0.15) is 5.26 Å². The van der Waals surface area contributed by atoms with Crippen LogP contribution in [0.1, 0.15) is 16.7 Å². The van der Waals surface area contributed by atoms with Crippen molar-refractivity contribution in [2.75, 3.05) is 0 Å². The molecule has 3 aromatic carbocycles. The number of nitriles is 1. The summed E-state index contributed by atoms with van der Waals surface area (Å²) in [7, 11) is 0. The van der Waals surface area contributed by atoms with Gasteiger partial charge in [0.05, 0.1) is 16.1 Å². The number of allylic oxidation sites excluding steroid dienone is 1. The fourth-order valence-electron chi connectivity index (χ4n) is 2.42. The van der Waals surface area contributed by atoms with Gasteiger partial charge in [-0.3, -0.25) is 0 Å². The lowest BCUT2D eigenvalue weighted by Gasteiger charge is -2.09. The zero-order chi connectivity index (χ0) is 17.5. The molecule has 0 saturated carbocycles. The van der Waals surface area contributed by atoms with Gasteiger partial charge in [0.2, 0.25) is 0 Å². The van der Waals surface area contributed by atoms with E-state index in [0.29, 0.717) is 12.2 Å². The summed E-state index contributed by atoms with van der Waals surface area (Å²) in [6.45, 7) is 0.516. The maximum atomic E-state index is 9.42. The molecule has 0 saturated heterocycles. The second-order valence-electron chi connectivity index (χ2n) is 5.50. The van der Waals surface area contributed by atoms with E-state index < -0.39 is 0 Å². The zero-order valence-corrected chi connectivity index (χ0v) is 15.1. The Bertz CT molecular complexity index is 912. The molecule has 3 aromatic rings. The number of ether oxygens (including phenoxy) is 1. The normalized spacial score (nSPS) is 11.0. The Morgan fingerprint density at radius 3 is 2.28 bits per heavy atom. The molecule has 0 atom stereocenters. The monoisotopic (exact) mass is 389 g/mol. The molecule has 0 N–H and O–H groups in total. The molecule has 0 aliphatic rings. The first-order valence-corrected chi connectivity index (χ1v) is 8.69. The van der Waals surface area contributed by atoms with Crippen LogP contribution in [0.4, 0.5) is 0 Å². The molecule has 0 amide bonds. The summed E-state index contributed by atoms with van der Waals surface area (Å²) >= 11 is 3.55. The second kappa shape index (κ2) is 8.32. The van der Waals surface area contributed by atoms with Gasteiger partial charge >= 0.3 is 0 Å². The Hall–Kier alpha value is -2.83. The fraction of sp³-hybridized carbons (Fsp3) is 0.0455. The van der Waals surface area contributed by atoms with E-state index in [4.69, 9.17) is 4.74 Å². The van der Waals surface area contributed by atoms with Crippen molar-refractivity contribution < 1.29 is 4.74 Å². The molecule has 0 heterocycles. The van der Waals surface area contributed by atoms with Crippen LogP contribution in [0.3, 0.4) is 0 Å². The van der Waals surface area contributed by atoms with E-state index in [0.717, 1.165) is 26.9 Å². The fourth-order valence-corrected chi connectivity index (χ4v) is 2.93. The lowest BCUT2D eigenvalue weighted by Crippen LogP contribution is -1.95. The number of hydrogen-bond donors (Lipinski definition) is 0. The van der Waals surface area contributed by atoms with Gasteiger partial charge in [0, 0.05) is 0 Å². The average Bonchev–Trinajstić information content (AvgIpc) is 2.67. The van der Waals surface area contributed by atoms with Crippen LogP contribution >= 0.6 is 15.9 Å². The third kappa shape index (κ3) is 4.59. The van der Waals surface area contributed by atoms with Gasteiger partial charge in [0.25, 0.3) is 0 Å². The predicted octanol–water partition coefficient (Wildman–Crippen LogP) is 6.09. The minimum atomic E-state index is 0.516. The van der Waals surface area contributed by atoms with Crippen LogP contribution in [0.15, 0.2) is 83.3 Å². The Morgan fingerprint density at radius 1 is 0.960 bits per heavy atom. The minimum absolute atomic E-state index is 0.516. The molecule has 0 spiro atoms. The van der Waals surface area contributed by atoms with Crippen molar-refractivity contribution in [1.82, 2.24) is 0 Å². The Labute approximate surface area is 156 Å². The van der Waals surface area contributed by atoms with Crippen LogP contribution < -0.4 is 4.74 Å².